The predicted molar refractivity (Wildman–Crippen MR) is 82.9 cm³/mol. The second kappa shape index (κ2) is 6.42. The molecule has 100 valence electrons. The predicted octanol–water partition coefficient (Wildman–Crippen LogP) is 5.41. The Labute approximate surface area is 124 Å². The zero-order valence-electron chi connectivity index (χ0n) is 11.0. The number of halogens is 2. The van der Waals surface area contributed by atoms with E-state index >= 15 is 0 Å². The molecule has 0 aromatic heterocycles. The zero-order chi connectivity index (χ0) is 13.8. The lowest BCUT2D eigenvalue weighted by molar-refractivity contribution is 0.495. The smallest absolute Gasteiger partial charge is 0.0454 e. The number of hydrogen-bond donors (Lipinski definition) is 1. The van der Waals surface area contributed by atoms with Crippen molar-refractivity contribution in [3.05, 3.63) is 69.7 Å². The lowest BCUT2D eigenvalue weighted by atomic mass is 10.0. The van der Waals surface area contributed by atoms with Gasteiger partial charge >= 0.3 is 0 Å². The van der Waals surface area contributed by atoms with Crippen LogP contribution in [0.15, 0.2) is 48.5 Å². The Kier molecular flexibility index (Phi) is 4.87. The van der Waals surface area contributed by atoms with E-state index in [1.165, 1.54) is 5.56 Å². The van der Waals surface area contributed by atoms with Crippen molar-refractivity contribution in [1.82, 2.24) is 5.32 Å². The highest BCUT2D eigenvalue weighted by Gasteiger charge is 2.13. The lowest BCUT2D eigenvalue weighted by Crippen LogP contribution is -2.22. The van der Waals surface area contributed by atoms with Crippen LogP contribution in [0, 0.1) is 0 Å². The fourth-order valence-electron chi connectivity index (χ4n) is 2.15. The highest BCUT2D eigenvalue weighted by Crippen LogP contribution is 2.28. The molecular weight excluding hydrogens is 277 g/mol. The number of benzene rings is 2. The van der Waals surface area contributed by atoms with Crippen molar-refractivity contribution in [3.8, 4) is 0 Å². The van der Waals surface area contributed by atoms with E-state index in [1.54, 1.807) is 6.07 Å². The van der Waals surface area contributed by atoms with Gasteiger partial charge in [0.15, 0.2) is 0 Å². The van der Waals surface area contributed by atoms with Crippen molar-refractivity contribution >= 4 is 23.2 Å². The van der Waals surface area contributed by atoms with Crippen molar-refractivity contribution in [1.29, 1.82) is 0 Å². The third-order valence-electron chi connectivity index (χ3n) is 3.22. The molecule has 2 unspecified atom stereocenters. The highest BCUT2D eigenvalue weighted by molar-refractivity contribution is 6.33. The zero-order valence-corrected chi connectivity index (χ0v) is 12.5. The van der Waals surface area contributed by atoms with Gasteiger partial charge in [-0.2, -0.15) is 0 Å². The summed E-state index contributed by atoms with van der Waals surface area (Å²) in [4.78, 5) is 0. The molecule has 19 heavy (non-hydrogen) atoms. The van der Waals surface area contributed by atoms with Gasteiger partial charge in [0.1, 0.15) is 0 Å². The minimum absolute atomic E-state index is 0.140. The molecule has 2 atom stereocenters. The summed E-state index contributed by atoms with van der Waals surface area (Å²) in [5.41, 5.74) is 2.28. The fourth-order valence-corrected chi connectivity index (χ4v) is 2.61. The van der Waals surface area contributed by atoms with Crippen molar-refractivity contribution in [2.24, 2.45) is 0 Å². The van der Waals surface area contributed by atoms with E-state index < -0.39 is 0 Å². The number of rotatable bonds is 4. The maximum absolute atomic E-state index is 6.22. The standard InChI is InChI=1S/C16H17Cl2N/c1-11(13-6-4-3-5-7-13)19-12(2)15-10-14(17)8-9-16(15)18/h3-12,19H,1-2H3. The van der Waals surface area contributed by atoms with Crippen LogP contribution < -0.4 is 5.32 Å². The van der Waals surface area contributed by atoms with E-state index in [1.807, 2.05) is 30.3 Å². The summed E-state index contributed by atoms with van der Waals surface area (Å²) in [5, 5.41) is 4.99. The molecule has 0 aliphatic rings. The molecule has 3 heteroatoms. The molecule has 0 saturated carbocycles. The molecule has 0 fully saturated rings. The SMILES string of the molecule is CC(NC(C)c1cc(Cl)ccc1Cl)c1ccccc1. The van der Waals surface area contributed by atoms with Crippen molar-refractivity contribution in [3.63, 3.8) is 0 Å². The number of nitrogens with one attached hydrogen (secondary N) is 1. The van der Waals surface area contributed by atoms with E-state index in [0.29, 0.717) is 5.02 Å². The van der Waals surface area contributed by atoms with E-state index in [0.717, 1.165) is 10.6 Å². The Bertz CT molecular complexity index is 540. The average Bonchev–Trinajstić information content (AvgIpc) is 2.42. The van der Waals surface area contributed by atoms with Crippen LogP contribution in [-0.4, -0.2) is 0 Å². The van der Waals surface area contributed by atoms with Crippen LogP contribution in [0.25, 0.3) is 0 Å². The molecule has 0 bridgehead atoms. The molecule has 2 rings (SSSR count). The molecule has 0 amide bonds. The van der Waals surface area contributed by atoms with Gasteiger partial charge in [0.2, 0.25) is 0 Å². The molecule has 0 spiro atoms. The van der Waals surface area contributed by atoms with Gasteiger partial charge in [-0.15, -0.1) is 0 Å². The molecule has 0 saturated heterocycles. The Balaban J connectivity index is 2.13. The first kappa shape index (κ1) is 14.4. The fraction of sp³-hybridized carbons (Fsp3) is 0.250. The first-order valence-electron chi connectivity index (χ1n) is 6.34. The molecule has 0 aliphatic carbocycles. The second-order valence-electron chi connectivity index (χ2n) is 4.69. The van der Waals surface area contributed by atoms with Crippen LogP contribution in [0.5, 0.6) is 0 Å². The monoisotopic (exact) mass is 293 g/mol. The van der Waals surface area contributed by atoms with Crippen LogP contribution >= 0.6 is 23.2 Å². The summed E-state index contributed by atoms with van der Waals surface area (Å²) < 4.78 is 0. The van der Waals surface area contributed by atoms with E-state index in [2.05, 4.69) is 31.3 Å². The third-order valence-corrected chi connectivity index (χ3v) is 3.80. The van der Waals surface area contributed by atoms with Crippen molar-refractivity contribution in [2.45, 2.75) is 25.9 Å². The molecule has 2 aromatic rings. The van der Waals surface area contributed by atoms with Crippen LogP contribution in [0.1, 0.15) is 37.1 Å². The Morgan fingerprint density at radius 2 is 1.58 bits per heavy atom. The summed E-state index contributed by atoms with van der Waals surface area (Å²) >= 11 is 12.2. The van der Waals surface area contributed by atoms with Gasteiger partial charge in [0, 0.05) is 22.1 Å². The van der Waals surface area contributed by atoms with Crippen molar-refractivity contribution < 1.29 is 0 Å². The summed E-state index contributed by atoms with van der Waals surface area (Å²) in [7, 11) is 0. The molecule has 2 aromatic carbocycles. The minimum atomic E-state index is 0.140. The average molecular weight is 294 g/mol. The summed E-state index contributed by atoms with van der Waals surface area (Å²) in [6, 6.07) is 16.3. The Morgan fingerprint density at radius 3 is 2.26 bits per heavy atom. The topological polar surface area (TPSA) is 12.0 Å². The second-order valence-corrected chi connectivity index (χ2v) is 5.53. The molecule has 1 nitrogen and oxygen atoms in total. The Morgan fingerprint density at radius 1 is 0.895 bits per heavy atom. The Hall–Kier alpha value is -1.02. The first-order valence-corrected chi connectivity index (χ1v) is 7.09. The molecule has 0 aliphatic heterocycles. The lowest BCUT2D eigenvalue weighted by Gasteiger charge is -2.21. The third kappa shape index (κ3) is 3.73. The summed E-state index contributed by atoms with van der Waals surface area (Å²) in [6.45, 7) is 4.24. The van der Waals surface area contributed by atoms with E-state index in [4.69, 9.17) is 23.2 Å². The molecular formula is C16H17Cl2N. The van der Waals surface area contributed by atoms with E-state index in [-0.39, 0.29) is 12.1 Å². The van der Waals surface area contributed by atoms with Gasteiger partial charge in [-0.3, -0.25) is 0 Å². The highest BCUT2D eigenvalue weighted by atomic mass is 35.5. The van der Waals surface area contributed by atoms with Crippen LogP contribution in [0.4, 0.5) is 0 Å². The van der Waals surface area contributed by atoms with Gasteiger partial charge in [-0.1, -0.05) is 53.5 Å². The van der Waals surface area contributed by atoms with Gasteiger partial charge in [0.05, 0.1) is 0 Å². The maximum atomic E-state index is 6.22. The molecule has 0 heterocycles. The van der Waals surface area contributed by atoms with Gasteiger partial charge in [0.25, 0.3) is 0 Å². The van der Waals surface area contributed by atoms with Crippen LogP contribution in [0.2, 0.25) is 10.0 Å². The van der Waals surface area contributed by atoms with Gasteiger partial charge < -0.3 is 5.32 Å². The normalized spacial score (nSPS) is 14.1. The molecule has 0 radical (unpaired) electrons. The van der Waals surface area contributed by atoms with Gasteiger partial charge in [-0.25, -0.2) is 0 Å². The van der Waals surface area contributed by atoms with E-state index in [9.17, 15) is 0 Å². The van der Waals surface area contributed by atoms with Gasteiger partial charge in [-0.05, 0) is 43.2 Å². The number of hydrogen-bond acceptors (Lipinski definition) is 1. The van der Waals surface area contributed by atoms with Crippen molar-refractivity contribution in [2.75, 3.05) is 0 Å². The summed E-state index contributed by atoms with van der Waals surface area (Å²) in [6.07, 6.45) is 0. The summed E-state index contributed by atoms with van der Waals surface area (Å²) in [5.74, 6) is 0. The maximum Gasteiger partial charge on any atom is 0.0454 e. The van der Waals surface area contributed by atoms with Crippen LogP contribution in [-0.2, 0) is 0 Å². The minimum Gasteiger partial charge on any atom is -0.304 e. The first-order chi connectivity index (χ1) is 9.08. The largest absolute Gasteiger partial charge is 0.304 e. The van der Waals surface area contributed by atoms with Crippen LogP contribution in [0.3, 0.4) is 0 Å². The molecule has 1 N–H and O–H groups in total. The quantitative estimate of drug-likeness (QED) is 0.795.